The lowest BCUT2D eigenvalue weighted by Gasteiger charge is -2.19. The molecule has 0 bridgehead atoms. The molecule has 0 aliphatic carbocycles. The molecule has 0 saturated heterocycles. The number of ether oxygens (including phenoxy) is 2. The summed E-state index contributed by atoms with van der Waals surface area (Å²) in [6.45, 7) is 3.54. The lowest BCUT2D eigenvalue weighted by molar-refractivity contribution is -0.161. The van der Waals surface area contributed by atoms with Crippen LogP contribution in [0.25, 0.3) is 0 Å². The van der Waals surface area contributed by atoms with Crippen LogP contribution in [0.2, 0.25) is 0 Å². The Morgan fingerprint density at radius 2 is 1.15 bits per heavy atom. The fourth-order valence-corrected chi connectivity index (χ4v) is 5.51. The van der Waals surface area contributed by atoms with E-state index in [-0.39, 0.29) is 32.6 Å². The van der Waals surface area contributed by atoms with E-state index in [4.69, 9.17) is 24.3 Å². The van der Waals surface area contributed by atoms with Crippen molar-refractivity contribution in [2.45, 2.75) is 155 Å². The Morgan fingerprint density at radius 1 is 0.646 bits per heavy atom. The van der Waals surface area contributed by atoms with Gasteiger partial charge in [0.25, 0.3) is 0 Å². The van der Waals surface area contributed by atoms with Gasteiger partial charge in [-0.1, -0.05) is 133 Å². The number of allylic oxidation sites excluding steroid dienone is 8. The van der Waals surface area contributed by atoms with Crippen LogP contribution in [0.5, 0.6) is 0 Å². The average Bonchev–Trinajstić information content (AvgIpc) is 3.07. The molecule has 10 heteroatoms. The average molecular weight is 698 g/mol. The number of phosphoric ester groups is 1. The lowest BCUT2D eigenvalue weighted by atomic mass is 10.0. The van der Waals surface area contributed by atoms with E-state index < -0.39 is 32.5 Å². The molecule has 0 aliphatic rings. The van der Waals surface area contributed by atoms with Gasteiger partial charge in [-0.15, -0.1) is 0 Å². The first kappa shape index (κ1) is 46.0. The smallest absolute Gasteiger partial charge is 0.462 e. The van der Waals surface area contributed by atoms with E-state index in [0.29, 0.717) is 12.8 Å². The highest BCUT2D eigenvalue weighted by molar-refractivity contribution is 7.47. The highest BCUT2D eigenvalue weighted by atomic mass is 31.2. The molecule has 0 radical (unpaired) electrons. The maximum atomic E-state index is 12.5. The molecule has 2 atom stereocenters. The van der Waals surface area contributed by atoms with Crippen molar-refractivity contribution in [2.75, 3.05) is 26.4 Å². The molecule has 0 amide bonds. The standard InChI is InChI=1S/C38H68NO8P/c1-3-5-7-9-11-13-15-17-18-19-21-22-24-26-28-30-37(40)44-34-36(35-46-48(42,43)45-33-32-39)47-38(41)31-29-27-25-23-20-16-14-12-10-8-6-4-2/h5,7,11,13,17-18,21-22,36H,3-4,6,8-10,12,14-16,19-20,23-35,39H2,1-2H3,(H,42,43). The zero-order valence-corrected chi connectivity index (χ0v) is 31.1. The molecule has 0 aromatic carbocycles. The Labute approximate surface area is 292 Å². The minimum absolute atomic E-state index is 0.0469. The number of carbonyl (C=O) groups is 2. The molecule has 48 heavy (non-hydrogen) atoms. The predicted octanol–water partition coefficient (Wildman–Crippen LogP) is 9.99. The zero-order valence-electron chi connectivity index (χ0n) is 30.2. The third-order valence-corrected chi connectivity index (χ3v) is 8.46. The molecule has 9 nitrogen and oxygen atoms in total. The molecule has 2 unspecified atom stereocenters. The number of phosphoric acid groups is 1. The van der Waals surface area contributed by atoms with Crippen molar-refractivity contribution in [2.24, 2.45) is 5.73 Å². The highest BCUT2D eigenvalue weighted by Gasteiger charge is 2.25. The maximum absolute atomic E-state index is 12.5. The van der Waals surface area contributed by atoms with Gasteiger partial charge in [0.15, 0.2) is 6.10 Å². The van der Waals surface area contributed by atoms with Crippen LogP contribution in [0.15, 0.2) is 48.6 Å². The van der Waals surface area contributed by atoms with Crippen LogP contribution in [0.4, 0.5) is 0 Å². The van der Waals surface area contributed by atoms with Crippen LogP contribution < -0.4 is 5.73 Å². The fraction of sp³-hybridized carbons (Fsp3) is 0.737. The Morgan fingerprint density at radius 3 is 1.71 bits per heavy atom. The van der Waals surface area contributed by atoms with Crippen LogP contribution in [0, 0.1) is 0 Å². The minimum atomic E-state index is -4.38. The van der Waals surface area contributed by atoms with Crippen LogP contribution in [0.3, 0.4) is 0 Å². The monoisotopic (exact) mass is 697 g/mol. The third kappa shape index (κ3) is 33.9. The van der Waals surface area contributed by atoms with Crippen LogP contribution in [0.1, 0.15) is 149 Å². The van der Waals surface area contributed by atoms with E-state index >= 15 is 0 Å². The fourth-order valence-electron chi connectivity index (χ4n) is 4.74. The molecular formula is C38H68NO8P. The molecule has 0 heterocycles. The van der Waals surface area contributed by atoms with Crippen molar-refractivity contribution in [1.82, 2.24) is 0 Å². The first-order chi connectivity index (χ1) is 23.3. The molecule has 0 aromatic rings. The number of carbonyl (C=O) groups excluding carboxylic acids is 2. The summed E-state index contributed by atoms with van der Waals surface area (Å²) in [5, 5.41) is 0. The molecule has 0 aliphatic heterocycles. The predicted molar refractivity (Wildman–Crippen MR) is 196 cm³/mol. The lowest BCUT2D eigenvalue weighted by Crippen LogP contribution is -2.29. The first-order valence-electron chi connectivity index (χ1n) is 18.6. The van der Waals surface area contributed by atoms with Crippen LogP contribution in [-0.4, -0.2) is 49.3 Å². The Kier molecular flexibility index (Phi) is 33.3. The number of unbranched alkanes of at least 4 members (excludes halogenated alkanes) is 13. The van der Waals surface area contributed by atoms with E-state index in [0.717, 1.165) is 57.8 Å². The van der Waals surface area contributed by atoms with Gasteiger partial charge >= 0.3 is 19.8 Å². The quantitative estimate of drug-likeness (QED) is 0.0291. The second-order valence-electron chi connectivity index (χ2n) is 12.1. The molecule has 0 saturated carbocycles. The van der Waals surface area contributed by atoms with Crippen LogP contribution >= 0.6 is 7.82 Å². The summed E-state index contributed by atoms with van der Waals surface area (Å²) >= 11 is 0. The number of esters is 2. The van der Waals surface area contributed by atoms with Crippen molar-refractivity contribution in [1.29, 1.82) is 0 Å². The second-order valence-corrected chi connectivity index (χ2v) is 13.5. The van der Waals surface area contributed by atoms with E-state index in [1.165, 1.54) is 51.4 Å². The van der Waals surface area contributed by atoms with Crippen molar-refractivity contribution in [3.63, 3.8) is 0 Å². The summed E-state index contributed by atoms with van der Waals surface area (Å²) in [6, 6.07) is 0. The molecular weight excluding hydrogens is 629 g/mol. The molecule has 0 aromatic heterocycles. The highest BCUT2D eigenvalue weighted by Crippen LogP contribution is 2.43. The van der Waals surface area contributed by atoms with E-state index in [1.54, 1.807) is 0 Å². The summed E-state index contributed by atoms with van der Waals surface area (Å²) < 4.78 is 32.6. The summed E-state index contributed by atoms with van der Waals surface area (Å²) in [6.07, 6.45) is 37.2. The number of hydrogen-bond donors (Lipinski definition) is 2. The number of nitrogens with two attached hydrogens (primary N) is 1. The van der Waals surface area contributed by atoms with Crippen molar-refractivity contribution in [3.05, 3.63) is 48.6 Å². The minimum Gasteiger partial charge on any atom is -0.462 e. The molecule has 278 valence electrons. The van der Waals surface area contributed by atoms with E-state index in [2.05, 4.69) is 62.5 Å². The van der Waals surface area contributed by atoms with Gasteiger partial charge in [0, 0.05) is 19.4 Å². The summed E-state index contributed by atoms with van der Waals surface area (Å²) in [4.78, 5) is 34.6. The third-order valence-electron chi connectivity index (χ3n) is 7.48. The van der Waals surface area contributed by atoms with Crippen molar-refractivity contribution in [3.8, 4) is 0 Å². The second kappa shape index (κ2) is 34.8. The summed E-state index contributed by atoms with van der Waals surface area (Å²) in [5.74, 6) is -0.881. The van der Waals surface area contributed by atoms with Gasteiger partial charge in [0.2, 0.25) is 0 Å². The van der Waals surface area contributed by atoms with Gasteiger partial charge in [0.05, 0.1) is 13.2 Å². The van der Waals surface area contributed by atoms with Gasteiger partial charge < -0.3 is 20.1 Å². The number of hydrogen-bond acceptors (Lipinski definition) is 8. The van der Waals surface area contributed by atoms with Gasteiger partial charge in [-0.2, -0.15) is 0 Å². The van der Waals surface area contributed by atoms with E-state index in [9.17, 15) is 19.0 Å². The molecule has 0 fully saturated rings. The Balaban J connectivity index is 4.31. The normalized spacial score (nSPS) is 14.0. The summed E-state index contributed by atoms with van der Waals surface area (Å²) in [7, 11) is -4.38. The maximum Gasteiger partial charge on any atom is 0.472 e. The molecule has 3 N–H and O–H groups in total. The van der Waals surface area contributed by atoms with Gasteiger partial charge in [-0.25, -0.2) is 4.57 Å². The van der Waals surface area contributed by atoms with Gasteiger partial charge in [-0.05, 0) is 51.4 Å². The Hall–Kier alpha value is -2.03. The van der Waals surface area contributed by atoms with Gasteiger partial charge in [-0.3, -0.25) is 18.6 Å². The summed E-state index contributed by atoms with van der Waals surface area (Å²) in [5.41, 5.74) is 5.32. The molecule has 0 spiro atoms. The van der Waals surface area contributed by atoms with Crippen molar-refractivity contribution >= 4 is 19.8 Å². The topological polar surface area (TPSA) is 134 Å². The van der Waals surface area contributed by atoms with Crippen molar-refractivity contribution < 1.29 is 37.6 Å². The largest absolute Gasteiger partial charge is 0.472 e. The zero-order chi connectivity index (χ0) is 35.4. The molecule has 0 rings (SSSR count). The first-order valence-corrected chi connectivity index (χ1v) is 20.1. The van der Waals surface area contributed by atoms with Gasteiger partial charge in [0.1, 0.15) is 6.61 Å². The van der Waals surface area contributed by atoms with Crippen LogP contribution in [-0.2, 0) is 32.7 Å². The SMILES string of the molecule is CCC=CCC=CCC=CCC=CCCCCC(=O)OCC(COP(=O)(O)OCCN)OC(=O)CCCCCCCCCCCCCC. The Bertz CT molecular complexity index is 934. The van der Waals surface area contributed by atoms with E-state index in [1.807, 2.05) is 0 Å². The number of rotatable bonds is 34.